The van der Waals surface area contributed by atoms with Crippen LogP contribution in [-0.2, 0) is 0 Å². The fourth-order valence-corrected chi connectivity index (χ4v) is 3.12. The predicted octanol–water partition coefficient (Wildman–Crippen LogP) is 5.11. The number of nitrogens with one attached hydrogen (secondary N) is 1. The number of carbonyl (C=O) groups excluding carboxylic acids is 1. The van der Waals surface area contributed by atoms with Gasteiger partial charge in [-0.15, -0.1) is 10.2 Å². The number of aromatic nitrogens is 3. The third-order valence-electron chi connectivity index (χ3n) is 4.72. The maximum absolute atomic E-state index is 12.6. The van der Waals surface area contributed by atoms with Crippen LogP contribution in [0.2, 0.25) is 0 Å². The number of nitrogens with zero attached hydrogens (tertiary/aromatic N) is 3. The second-order valence-electron chi connectivity index (χ2n) is 7.80. The number of anilines is 1. The van der Waals surface area contributed by atoms with Gasteiger partial charge >= 0.3 is 0 Å². The molecule has 0 atom stereocenters. The maximum Gasteiger partial charge on any atom is 0.255 e. The van der Waals surface area contributed by atoms with Crippen LogP contribution in [0, 0.1) is 5.92 Å². The van der Waals surface area contributed by atoms with Crippen LogP contribution in [0.4, 0.5) is 5.69 Å². The third-order valence-corrected chi connectivity index (χ3v) is 4.72. The van der Waals surface area contributed by atoms with E-state index in [0.29, 0.717) is 35.9 Å². The van der Waals surface area contributed by atoms with Gasteiger partial charge < -0.3 is 14.8 Å². The monoisotopic (exact) mass is 430 g/mol. The molecule has 1 aromatic heterocycles. The molecule has 0 aliphatic carbocycles. The van der Waals surface area contributed by atoms with E-state index in [-0.39, 0.29) is 5.91 Å². The Morgan fingerprint density at radius 2 is 1.56 bits per heavy atom. The first-order chi connectivity index (χ1) is 15.5. The van der Waals surface area contributed by atoms with Gasteiger partial charge in [0.15, 0.2) is 0 Å². The summed E-state index contributed by atoms with van der Waals surface area (Å²) in [6.07, 6.45) is 0. The molecule has 0 aliphatic rings. The Labute approximate surface area is 187 Å². The minimum Gasteiger partial charge on any atom is -0.494 e. The molecule has 0 aliphatic heterocycles. The predicted molar refractivity (Wildman–Crippen MR) is 125 cm³/mol. The molecule has 7 heteroatoms. The van der Waals surface area contributed by atoms with Crippen molar-refractivity contribution in [3.8, 4) is 17.2 Å². The van der Waals surface area contributed by atoms with Gasteiger partial charge in [-0.05, 0) is 79.6 Å². The smallest absolute Gasteiger partial charge is 0.255 e. The molecule has 164 valence electrons. The molecule has 0 bridgehead atoms. The number of hydrogen-bond donors (Lipinski definition) is 1. The summed E-state index contributed by atoms with van der Waals surface area (Å²) in [4.78, 5) is 14.2. The lowest BCUT2D eigenvalue weighted by Crippen LogP contribution is -2.12. The van der Waals surface area contributed by atoms with Gasteiger partial charge in [0.05, 0.1) is 18.9 Å². The van der Waals surface area contributed by atoms with Crippen molar-refractivity contribution in [3.05, 3.63) is 72.3 Å². The molecule has 1 N–H and O–H groups in total. The SMILES string of the molecule is CCOc1ccc(-n2nc3ccc(NC(=O)c4ccc(OCC(C)C)cc4)cc3n2)cc1. The van der Waals surface area contributed by atoms with Crippen molar-refractivity contribution >= 4 is 22.6 Å². The fourth-order valence-electron chi connectivity index (χ4n) is 3.12. The molecule has 4 rings (SSSR count). The van der Waals surface area contributed by atoms with Gasteiger partial charge in [-0.25, -0.2) is 0 Å². The van der Waals surface area contributed by atoms with Crippen molar-refractivity contribution in [2.45, 2.75) is 20.8 Å². The molecule has 4 aromatic rings. The number of amides is 1. The highest BCUT2D eigenvalue weighted by molar-refractivity contribution is 6.05. The zero-order valence-corrected chi connectivity index (χ0v) is 18.4. The topological polar surface area (TPSA) is 78.3 Å². The highest BCUT2D eigenvalue weighted by Gasteiger charge is 2.10. The highest BCUT2D eigenvalue weighted by atomic mass is 16.5. The summed E-state index contributed by atoms with van der Waals surface area (Å²) in [5, 5.41) is 12.0. The van der Waals surface area contributed by atoms with Gasteiger partial charge in [0.25, 0.3) is 5.91 Å². The normalized spacial score (nSPS) is 11.0. The Hall–Kier alpha value is -3.87. The molecule has 0 saturated heterocycles. The number of hydrogen-bond acceptors (Lipinski definition) is 5. The van der Waals surface area contributed by atoms with Gasteiger partial charge in [-0.2, -0.15) is 4.80 Å². The molecule has 0 radical (unpaired) electrons. The quantitative estimate of drug-likeness (QED) is 0.420. The first kappa shape index (κ1) is 21.4. The van der Waals surface area contributed by atoms with E-state index in [1.54, 1.807) is 16.9 Å². The summed E-state index contributed by atoms with van der Waals surface area (Å²) in [7, 11) is 0. The van der Waals surface area contributed by atoms with E-state index in [4.69, 9.17) is 9.47 Å². The molecular weight excluding hydrogens is 404 g/mol. The van der Waals surface area contributed by atoms with Gasteiger partial charge in [-0.3, -0.25) is 4.79 Å². The van der Waals surface area contributed by atoms with E-state index in [1.807, 2.05) is 61.5 Å². The Balaban J connectivity index is 1.46. The minimum absolute atomic E-state index is 0.196. The molecule has 32 heavy (non-hydrogen) atoms. The van der Waals surface area contributed by atoms with Gasteiger partial charge in [0, 0.05) is 11.3 Å². The van der Waals surface area contributed by atoms with Crippen LogP contribution in [0.25, 0.3) is 16.7 Å². The molecular formula is C25H26N4O3. The van der Waals surface area contributed by atoms with Gasteiger partial charge in [-0.1, -0.05) is 13.8 Å². The third kappa shape index (κ3) is 5.06. The average Bonchev–Trinajstić information content (AvgIpc) is 3.22. The first-order valence-corrected chi connectivity index (χ1v) is 10.7. The minimum atomic E-state index is -0.196. The number of fused-ring (bicyclic) bond motifs is 1. The lowest BCUT2D eigenvalue weighted by atomic mass is 10.2. The highest BCUT2D eigenvalue weighted by Crippen LogP contribution is 2.20. The zero-order chi connectivity index (χ0) is 22.5. The standard InChI is InChI=1S/C25H26N4O3/c1-4-31-21-12-8-20(9-13-21)29-27-23-14-7-19(15-24(23)28-29)26-25(30)18-5-10-22(11-6-18)32-16-17(2)3/h5-15,17H,4,16H2,1-3H3,(H,26,30). The zero-order valence-electron chi connectivity index (χ0n) is 18.4. The van der Waals surface area contributed by atoms with E-state index < -0.39 is 0 Å². The van der Waals surface area contributed by atoms with Crippen LogP contribution >= 0.6 is 0 Å². The van der Waals surface area contributed by atoms with E-state index in [0.717, 1.165) is 22.7 Å². The van der Waals surface area contributed by atoms with Crippen molar-refractivity contribution in [1.82, 2.24) is 15.0 Å². The van der Waals surface area contributed by atoms with Crippen LogP contribution in [0.15, 0.2) is 66.7 Å². The number of rotatable bonds is 8. The van der Waals surface area contributed by atoms with Crippen molar-refractivity contribution in [2.24, 2.45) is 5.92 Å². The molecule has 0 unspecified atom stereocenters. The van der Waals surface area contributed by atoms with E-state index in [1.165, 1.54) is 0 Å². The number of carbonyl (C=O) groups is 1. The van der Waals surface area contributed by atoms with Crippen molar-refractivity contribution < 1.29 is 14.3 Å². The summed E-state index contributed by atoms with van der Waals surface area (Å²) in [6, 6.07) is 20.2. The van der Waals surface area contributed by atoms with Crippen LogP contribution in [0.3, 0.4) is 0 Å². The lowest BCUT2D eigenvalue weighted by molar-refractivity contribution is 0.102. The van der Waals surface area contributed by atoms with Crippen molar-refractivity contribution in [3.63, 3.8) is 0 Å². The Bertz CT molecular complexity index is 1200. The molecule has 1 amide bonds. The molecule has 0 fully saturated rings. The van der Waals surface area contributed by atoms with Gasteiger partial charge in [0.1, 0.15) is 22.5 Å². The summed E-state index contributed by atoms with van der Waals surface area (Å²) in [5.74, 6) is 1.80. The summed E-state index contributed by atoms with van der Waals surface area (Å²) >= 11 is 0. The van der Waals surface area contributed by atoms with Crippen LogP contribution < -0.4 is 14.8 Å². The van der Waals surface area contributed by atoms with Crippen LogP contribution in [0.1, 0.15) is 31.1 Å². The van der Waals surface area contributed by atoms with Crippen molar-refractivity contribution in [2.75, 3.05) is 18.5 Å². The van der Waals surface area contributed by atoms with E-state index >= 15 is 0 Å². The molecule has 1 heterocycles. The fraction of sp³-hybridized carbons (Fsp3) is 0.240. The maximum atomic E-state index is 12.6. The molecule has 3 aromatic carbocycles. The van der Waals surface area contributed by atoms with Crippen LogP contribution in [-0.4, -0.2) is 34.1 Å². The Morgan fingerprint density at radius 1 is 0.906 bits per heavy atom. The van der Waals surface area contributed by atoms with E-state index in [2.05, 4.69) is 29.4 Å². The number of ether oxygens (including phenoxy) is 2. The second kappa shape index (κ2) is 9.51. The lowest BCUT2D eigenvalue weighted by Gasteiger charge is -2.09. The molecule has 0 spiro atoms. The van der Waals surface area contributed by atoms with Crippen molar-refractivity contribution in [1.29, 1.82) is 0 Å². The summed E-state index contributed by atoms with van der Waals surface area (Å²) in [6.45, 7) is 7.39. The Kier molecular flexibility index (Phi) is 6.35. The van der Waals surface area contributed by atoms with Crippen LogP contribution in [0.5, 0.6) is 11.5 Å². The Morgan fingerprint density at radius 3 is 2.25 bits per heavy atom. The second-order valence-corrected chi connectivity index (χ2v) is 7.80. The summed E-state index contributed by atoms with van der Waals surface area (Å²) < 4.78 is 11.1. The largest absolute Gasteiger partial charge is 0.494 e. The summed E-state index contributed by atoms with van der Waals surface area (Å²) in [5.41, 5.74) is 3.47. The van der Waals surface area contributed by atoms with Gasteiger partial charge in [0.2, 0.25) is 0 Å². The molecule has 7 nitrogen and oxygen atoms in total. The van der Waals surface area contributed by atoms with E-state index in [9.17, 15) is 4.79 Å². The first-order valence-electron chi connectivity index (χ1n) is 10.7. The average molecular weight is 431 g/mol. The number of benzene rings is 3. The molecule has 0 saturated carbocycles.